The average Bonchev–Trinajstić information content (AvgIpc) is 3.28. The van der Waals surface area contributed by atoms with E-state index in [0.29, 0.717) is 29.6 Å². The van der Waals surface area contributed by atoms with E-state index in [0.717, 1.165) is 26.1 Å². The third-order valence-corrected chi connectivity index (χ3v) is 6.02. The number of urea groups is 1. The lowest BCUT2D eigenvalue weighted by Crippen LogP contribution is -2.49. The third kappa shape index (κ3) is 5.89. The van der Waals surface area contributed by atoms with E-state index in [9.17, 15) is 14.0 Å². The van der Waals surface area contributed by atoms with E-state index < -0.39 is 6.03 Å². The molecule has 3 aromatic rings. The molecule has 32 heavy (non-hydrogen) atoms. The van der Waals surface area contributed by atoms with E-state index in [1.54, 1.807) is 10.3 Å². The summed E-state index contributed by atoms with van der Waals surface area (Å²) in [4.78, 5) is 33.3. The minimum Gasteiger partial charge on any atom is -0.335 e. The third-order valence-electron chi connectivity index (χ3n) is 5.26. The molecule has 0 bridgehead atoms. The molecule has 0 atom stereocenters. The van der Waals surface area contributed by atoms with Crippen LogP contribution in [0.25, 0.3) is 0 Å². The maximum absolute atomic E-state index is 13.0. The monoisotopic (exact) mass is 453 g/mol. The van der Waals surface area contributed by atoms with Gasteiger partial charge in [0.2, 0.25) is 0 Å². The van der Waals surface area contributed by atoms with E-state index >= 15 is 0 Å². The number of benzene rings is 2. The van der Waals surface area contributed by atoms with Crippen LogP contribution in [0.2, 0.25) is 0 Å². The zero-order valence-electron chi connectivity index (χ0n) is 17.5. The molecule has 0 aliphatic carbocycles. The molecular formula is C23H24FN5O2S. The van der Waals surface area contributed by atoms with Crippen LogP contribution in [0.1, 0.15) is 16.1 Å². The quantitative estimate of drug-likeness (QED) is 0.593. The number of piperazine rings is 1. The minimum atomic E-state index is -0.503. The normalized spacial score (nSPS) is 14.2. The summed E-state index contributed by atoms with van der Waals surface area (Å²) in [6.07, 6.45) is 0.996. The van der Waals surface area contributed by atoms with Gasteiger partial charge in [0, 0.05) is 43.8 Å². The average molecular weight is 454 g/mol. The van der Waals surface area contributed by atoms with Gasteiger partial charge < -0.3 is 10.2 Å². The van der Waals surface area contributed by atoms with E-state index in [1.165, 1.54) is 41.2 Å². The fourth-order valence-corrected chi connectivity index (χ4v) is 4.17. The fourth-order valence-electron chi connectivity index (χ4n) is 3.49. The number of halogens is 1. The lowest BCUT2D eigenvalue weighted by molar-refractivity contribution is 0.0633. The Kier molecular flexibility index (Phi) is 7.08. The first kappa shape index (κ1) is 21.9. The van der Waals surface area contributed by atoms with Crippen LogP contribution in [0.4, 0.5) is 20.0 Å². The smallest absolute Gasteiger partial charge is 0.325 e. The molecule has 2 heterocycles. The van der Waals surface area contributed by atoms with Gasteiger partial charge in [-0.1, -0.05) is 30.3 Å². The molecule has 1 aliphatic rings. The Balaban J connectivity index is 1.24. The molecule has 0 radical (unpaired) electrons. The number of carbonyl (C=O) groups is 2. The van der Waals surface area contributed by atoms with Gasteiger partial charge in [-0.3, -0.25) is 15.0 Å². The Hall–Kier alpha value is -3.30. The van der Waals surface area contributed by atoms with Crippen molar-refractivity contribution in [1.82, 2.24) is 14.8 Å². The fraction of sp³-hybridized carbons (Fsp3) is 0.261. The molecule has 0 spiro atoms. The van der Waals surface area contributed by atoms with Gasteiger partial charge in [0.1, 0.15) is 11.5 Å². The highest BCUT2D eigenvalue weighted by molar-refractivity contribution is 7.14. The lowest BCUT2D eigenvalue weighted by Gasteiger charge is -2.34. The van der Waals surface area contributed by atoms with Crippen molar-refractivity contribution in [2.75, 3.05) is 43.4 Å². The van der Waals surface area contributed by atoms with Crippen molar-refractivity contribution in [3.05, 3.63) is 77.1 Å². The van der Waals surface area contributed by atoms with Crippen LogP contribution in [0.15, 0.2) is 60.0 Å². The molecule has 0 unspecified atom stereocenters. The van der Waals surface area contributed by atoms with Crippen LogP contribution in [0, 0.1) is 5.82 Å². The first-order valence-electron chi connectivity index (χ1n) is 10.4. The number of hydrogen-bond donors (Lipinski definition) is 2. The first-order valence-corrected chi connectivity index (χ1v) is 11.3. The molecule has 3 amide bonds. The Labute approximate surface area is 189 Å². The second-order valence-electron chi connectivity index (χ2n) is 7.49. The molecule has 166 valence electrons. The number of anilines is 2. The summed E-state index contributed by atoms with van der Waals surface area (Å²) in [5.74, 6) is -0.507. The zero-order valence-corrected chi connectivity index (χ0v) is 18.3. The molecule has 1 aromatic heterocycles. The predicted octanol–water partition coefficient (Wildman–Crippen LogP) is 3.93. The van der Waals surface area contributed by atoms with Crippen molar-refractivity contribution in [2.24, 2.45) is 0 Å². The summed E-state index contributed by atoms with van der Waals surface area (Å²) >= 11 is 1.19. The van der Waals surface area contributed by atoms with Gasteiger partial charge in [-0.2, -0.15) is 0 Å². The van der Waals surface area contributed by atoms with E-state index in [2.05, 4.69) is 44.8 Å². The number of carbonyl (C=O) groups excluding carboxylic acids is 2. The largest absolute Gasteiger partial charge is 0.335 e. The molecule has 1 saturated heterocycles. The van der Waals surface area contributed by atoms with Crippen LogP contribution in [0.3, 0.4) is 0 Å². The molecule has 2 aromatic carbocycles. The van der Waals surface area contributed by atoms with Crippen molar-refractivity contribution < 1.29 is 14.0 Å². The number of hydrogen-bond acceptors (Lipinski definition) is 5. The maximum atomic E-state index is 13.0. The van der Waals surface area contributed by atoms with Crippen molar-refractivity contribution in [3.8, 4) is 0 Å². The van der Waals surface area contributed by atoms with Gasteiger partial charge in [0.25, 0.3) is 5.91 Å². The van der Waals surface area contributed by atoms with Crippen LogP contribution in [0.5, 0.6) is 0 Å². The highest BCUT2D eigenvalue weighted by Gasteiger charge is 2.24. The topological polar surface area (TPSA) is 77.6 Å². The van der Waals surface area contributed by atoms with Crippen molar-refractivity contribution in [2.45, 2.75) is 6.42 Å². The number of nitrogens with one attached hydrogen (secondary N) is 2. The van der Waals surface area contributed by atoms with Crippen LogP contribution >= 0.6 is 11.3 Å². The summed E-state index contributed by atoms with van der Waals surface area (Å²) in [7, 11) is 0. The highest BCUT2D eigenvalue weighted by Crippen LogP contribution is 2.18. The standard InChI is InChI=1S/C23H24FN5O2S/c24-18-6-8-19(9-7-18)25-22(31)27-23-26-20(16-32-23)21(30)29-14-12-28(13-15-29)11-10-17-4-2-1-3-5-17/h1-9,16H,10-15H2,(H2,25,26,27,31). The number of amides is 3. The molecule has 1 aliphatic heterocycles. The van der Waals surface area contributed by atoms with E-state index in [1.807, 2.05) is 6.07 Å². The van der Waals surface area contributed by atoms with Crippen LogP contribution in [-0.4, -0.2) is 59.4 Å². The molecule has 9 heteroatoms. The summed E-state index contributed by atoms with van der Waals surface area (Å²) in [5, 5.41) is 7.18. The van der Waals surface area contributed by atoms with Gasteiger partial charge in [-0.15, -0.1) is 11.3 Å². The molecule has 4 rings (SSSR count). The Morgan fingerprint density at radius 2 is 1.69 bits per heavy atom. The van der Waals surface area contributed by atoms with Gasteiger partial charge >= 0.3 is 6.03 Å². The number of rotatable bonds is 6. The minimum absolute atomic E-state index is 0.129. The highest BCUT2D eigenvalue weighted by atomic mass is 32.1. The Bertz CT molecular complexity index is 1050. The summed E-state index contributed by atoms with van der Waals surface area (Å²) in [6.45, 7) is 3.93. The molecular weight excluding hydrogens is 429 g/mol. The maximum Gasteiger partial charge on any atom is 0.325 e. The van der Waals surface area contributed by atoms with E-state index in [4.69, 9.17) is 0 Å². The SMILES string of the molecule is O=C(Nc1ccc(F)cc1)Nc1nc(C(=O)N2CCN(CCc3ccccc3)CC2)cs1. The Morgan fingerprint density at radius 3 is 2.41 bits per heavy atom. The number of thiazole rings is 1. The van der Waals surface area contributed by atoms with E-state index in [-0.39, 0.29) is 11.7 Å². The van der Waals surface area contributed by atoms with Gasteiger partial charge in [0.15, 0.2) is 5.13 Å². The Morgan fingerprint density at radius 1 is 0.969 bits per heavy atom. The first-order chi connectivity index (χ1) is 15.6. The van der Waals surface area contributed by atoms with Gasteiger partial charge in [-0.05, 0) is 36.2 Å². The summed E-state index contributed by atoms with van der Waals surface area (Å²) in [5.41, 5.74) is 2.10. The second-order valence-corrected chi connectivity index (χ2v) is 8.35. The summed E-state index contributed by atoms with van der Waals surface area (Å²) < 4.78 is 13.0. The van der Waals surface area contributed by atoms with Crippen molar-refractivity contribution in [1.29, 1.82) is 0 Å². The number of nitrogens with zero attached hydrogens (tertiary/aromatic N) is 3. The van der Waals surface area contributed by atoms with Crippen molar-refractivity contribution >= 4 is 34.1 Å². The predicted molar refractivity (Wildman–Crippen MR) is 124 cm³/mol. The van der Waals surface area contributed by atoms with Gasteiger partial charge in [0.05, 0.1) is 0 Å². The molecule has 0 saturated carbocycles. The number of aromatic nitrogens is 1. The van der Waals surface area contributed by atoms with Crippen LogP contribution in [-0.2, 0) is 6.42 Å². The second kappa shape index (κ2) is 10.3. The molecule has 7 nitrogen and oxygen atoms in total. The molecule has 1 fully saturated rings. The van der Waals surface area contributed by atoms with Gasteiger partial charge in [-0.25, -0.2) is 14.2 Å². The summed E-state index contributed by atoms with van der Waals surface area (Å²) in [6, 6.07) is 15.3. The van der Waals surface area contributed by atoms with Crippen molar-refractivity contribution in [3.63, 3.8) is 0 Å². The molecule has 2 N–H and O–H groups in total. The zero-order chi connectivity index (χ0) is 22.3. The van der Waals surface area contributed by atoms with Crippen LogP contribution < -0.4 is 10.6 Å². The lowest BCUT2D eigenvalue weighted by atomic mass is 10.1.